The van der Waals surface area contributed by atoms with Gasteiger partial charge in [0.25, 0.3) is 0 Å². The molecule has 20 heavy (non-hydrogen) atoms. The van der Waals surface area contributed by atoms with Gasteiger partial charge in [-0.25, -0.2) is 4.98 Å². The molecule has 1 heterocycles. The van der Waals surface area contributed by atoms with Gasteiger partial charge in [0.1, 0.15) is 5.82 Å². The average molecular weight is 371 g/mol. The van der Waals surface area contributed by atoms with Crippen molar-refractivity contribution in [3.8, 4) is 6.07 Å². The number of hydrogen-bond acceptors (Lipinski definition) is 3. The molecule has 1 aromatic heterocycles. The lowest BCUT2D eigenvalue weighted by Crippen LogP contribution is -1.96. The van der Waals surface area contributed by atoms with Crippen LogP contribution in [0.2, 0.25) is 0 Å². The van der Waals surface area contributed by atoms with Crippen LogP contribution >= 0.6 is 22.6 Å². The molecule has 0 fully saturated rings. The highest BCUT2D eigenvalue weighted by molar-refractivity contribution is 14.1. The molecule has 0 aliphatic heterocycles. The van der Waals surface area contributed by atoms with Gasteiger partial charge < -0.3 is 5.32 Å². The van der Waals surface area contributed by atoms with Gasteiger partial charge in [0.05, 0.1) is 17.1 Å². The SMILES string of the molecule is N#Cc1cc(Nc2cccc(I)c2)nc2ccccc12. The molecule has 3 aromatic rings. The fraction of sp³-hybridized carbons (Fsp3) is 0. The fourth-order valence-corrected chi connectivity index (χ4v) is 2.59. The minimum atomic E-state index is 0.628. The third kappa shape index (κ3) is 2.58. The third-order valence-electron chi connectivity index (χ3n) is 2.93. The van der Waals surface area contributed by atoms with Crippen LogP contribution in [-0.4, -0.2) is 4.98 Å². The highest BCUT2D eigenvalue weighted by Crippen LogP contribution is 2.23. The summed E-state index contributed by atoms with van der Waals surface area (Å²) in [7, 11) is 0. The summed E-state index contributed by atoms with van der Waals surface area (Å²) in [6, 6.07) is 19.7. The van der Waals surface area contributed by atoms with Gasteiger partial charge in [0.2, 0.25) is 0 Å². The van der Waals surface area contributed by atoms with Crippen LogP contribution in [0.4, 0.5) is 11.5 Å². The molecule has 4 heteroatoms. The lowest BCUT2D eigenvalue weighted by molar-refractivity contribution is 1.36. The van der Waals surface area contributed by atoms with Crippen molar-refractivity contribution in [2.45, 2.75) is 0 Å². The molecule has 96 valence electrons. The summed E-state index contributed by atoms with van der Waals surface area (Å²) in [5, 5.41) is 13.4. The Bertz CT molecular complexity index is 821. The number of fused-ring (bicyclic) bond motifs is 1. The van der Waals surface area contributed by atoms with Crippen LogP contribution < -0.4 is 5.32 Å². The molecule has 0 saturated carbocycles. The van der Waals surface area contributed by atoms with E-state index in [4.69, 9.17) is 0 Å². The first kappa shape index (κ1) is 12.9. The third-order valence-corrected chi connectivity index (χ3v) is 3.60. The van der Waals surface area contributed by atoms with E-state index >= 15 is 0 Å². The lowest BCUT2D eigenvalue weighted by Gasteiger charge is -2.08. The Hall–Kier alpha value is -2.13. The molecular formula is C16H10IN3. The van der Waals surface area contributed by atoms with Gasteiger partial charge in [-0.2, -0.15) is 5.26 Å². The Morgan fingerprint density at radius 3 is 2.70 bits per heavy atom. The molecule has 1 N–H and O–H groups in total. The molecule has 3 nitrogen and oxygen atoms in total. The van der Waals surface area contributed by atoms with Crippen molar-refractivity contribution >= 4 is 45.0 Å². The molecule has 0 bridgehead atoms. The number of nitriles is 1. The maximum atomic E-state index is 9.26. The van der Waals surface area contributed by atoms with Crippen molar-refractivity contribution in [3.05, 3.63) is 63.7 Å². The number of benzene rings is 2. The Balaban J connectivity index is 2.06. The summed E-state index contributed by atoms with van der Waals surface area (Å²) >= 11 is 2.26. The standard InChI is InChI=1S/C16H10IN3/c17-12-4-3-5-13(9-12)19-16-8-11(10-18)14-6-1-2-7-15(14)20-16/h1-9H,(H,19,20). The Labute approximate surface area is 130 Å². The van der Waals surface area contributed by atoms with Crippen molar-refractivity contribution in [3.63, 3.8) is 0 Å². The second-order valence-electron chi connectivity index (χ2n) is 4.32. The number of nitrogens with zero attached hydrogens (tertiary/aromatic N) is 2. The summed E-state index contributed by atoms with van der Waals surface area (Å²) in [5.41, 5.74) is 2.41. The smallest absolute Gasteiger partial charge is 0.132 e. The van der Waals surface area contributed by atoms with Crippen LogP contribution in [0.3, 0.4) is 0 Å². The van der Waals surface area contributed by atoms with Gasteiger partial charge >= 0.3 is 0 Å². The Morgan fingerprint density at radius 2 is 1.90 bits per heavy atom. The molecule has 2 aromatic carbocycles. The first-order valence-electron chi connectivity index (χ1n) is 6.09. The number of para-hydroxylation sites is 1. The zero-order valence-corrected chi connectivity index (χ0v) is 12.6. The summed E-state index contributed by atoms with van der Waals surface area (Å²) in [4.78, 5) is 4.54. The minimum Gasteiger partial charge on any atom is -0.340 e. The normalized spacial score (nSPS) is 10.2. The topological polar surface area (TPSA) is 48.7 Å². The van der Waals surface area contributed by atoms with Crippen molar-refractivity contribution in [1.82, 2.24) is 4.98 Å². The number of anilines is 2. The number of halogens is 1. The van der Waals surface area contributed by atoms with E-state index in [1.165, 1.54) is 0 Å². The van der Waals surface area contributed by atoms with E-state index in [0.717, 1.165) is 20.2 Å². The van der Waals surface area contributed by atoms with Crippen molar-refractivity contribution in [1.29, 1.82) is 5.26 Å². The van der Waals surface area contributed by atoms with E-state index < -0.39 is 0 Å². The maximum Gasteiger partial charge on any atom is 0.132 e. The van der Waals surface area contributed by atoms with E-state index in [2.05, 4.69) is 39.0 Å². The number of aromatic nitrogens is 1. The highest BCUT2D eigenvalue weighted by atomic mass is 127. The van der Waals surface area contributed by atoms with Crippen LogP contribution in [0.25, 0.3) is 10.9 Å². The van der Waals surface area contributed by atoms with Gasteiger partial charge in [0.15, 0.2) is 0 Å². The summed E-state index contributed by atoms with van der Waals surface area (Å²) in [6.45, 7) is 0. The second kappa shape index (κ2) is 5.47. The molecule has 0 saturated heterocycles. The molecule has 0 amide bonds. The fourth-order valence-electron chi connectivity index (χ4n) is 2.05. The number of nitrogens with one attached hydrogen (secondary N) is 1. The van der Waals surface area contributed by atoms with Crippen molar-refractivity contribution in [2.75, 3.05) is 5.32 Å². The molecular weight excluding hydrogens is 361 g/mol. The lowest BCUT2D eigenvalue weighted by atomic mass is 10.1. The highest BCUT2D eigenvalue weighted by Gasteiger charge is 2.05. The van der Waals surface area contributed by atoms with Crippen LogP contribution in [0.15, 0.2) is 54.6 Å². The molecule has 0 aliphatic carbocycles. The van der Waals surface area contributed by atoms with Gasteiger partial charge in [-0.05, 0) is 52.9 Å². The zero-order valence-electron chi connectivity index (χ0n) is 10.5. The van der Waals surface area contributed by atoms with E-state index in [9.17, 15) is 5.26 Å². The molecule has 3 rings (SSSR count). The van der Waals surface area contributed by atoms with E-state index in [-0.39, 0.29) is 0 Å². The summed E-state index contributed by atoms with van der Waals surface area (Å²) < 4.78 is 1.15. The van der Waals surface area contributed by atoms with Crippen LogP contribution in [0.5, 0.6) is 0 Å². The van der Waals surface area contributed by atoms with E-state index in [1.807, 2.05) is 48.5 Å². The van der Waals surface area contributed by atoms with Gasteiger partial charge in [0, 0.05) is 14.6 Å². The zero-order chi connectivity index (χ0) is 13.9. The second-order valence-corrected chi connectivity index (χ2v) is 5.56. The minimum absolute atomic E-state index is 0.628. The Kier molecular flexibility index (Phi) is 3.52. The first-order chi connectivity index (χ1) is 9.76. The van der Waals surface area contributed by atoms with Crippen molar-refractivity contribution < 1.29 is 0 Å². The van der Waals surface area contributed by atoms with Gasteiger partial charge in [-0.15, -0.1) is 0 Å². The van der Waals surface area contributed by atoms with E-state index in [1.54, 1.807) is 6.07 Å². The molecule has 0 atom stereocenters. The largest absolute Gasteiger partial charge is 0.340 e. The van der Waals surface area contributed by atoms with Gasteiger partial charge in [-0.1, -0.05) is 24.3 Å². The van der Waals surface area contributed by atoms with Crippen molar-refractivity contribution in [2.24, 2.45) is 0 Å². The summed E-state index contributed by atoms with van der Waals surface area (Å²) in [5.74, 6) is 0.683. The number of hydrogen-bond donors (Lipinski definition) is 1. The number of pyridine rings is 1. The predicted octanol–water partition coefficient (Wildman–Crippen LogP) is 4.45. The van der Waals surface area contributed by atoms with E-state index in [0.29, 0.717) is 11.4 Å². The van der Waals surface area contributed by atoms with Gasteiger partial charge in [-0.3, -0.25) is 0 Å². The predicted molar refractivity (Wildman–Crippen MR) is 88.9 cm³/mol. The molecule has 0 unspecified atom stereocenters. The maximum absolute atomic E-state index is 9.26. The Morgan fingerprint density at radius 1 is 1.05 bits per heavy atom. The monoisotopic (exact) mass is 371 g/mol. The average Bonchev–Trinajstić information content (AvgIpc) is 2.46. The number of rotatable bonds is 2. The van der Waals surface area contributed by atoms with Crippen LogP contribution in [-0.2, 0) is 0 Å². The quantitative estimate of drug-likeness (QED) is 0.677. The molecule has 0 spiro atoms. The molecule has 0 aliphatic rings. The first-order valence-corrected chi connectivity index (χ1v) is 7.16. The van der Waals surface area contributed by atoms with Crippen LogP contribution in [0, 0.1) is 14.9 Å². The summed E-state index contributed by atoms with van der Waals surface area (Å²) in [6.07, 6.45) is 0. The van der Waals surface area contributed by atoms with Crippen LogP contribution in [0.1, 0.15) is 5.56 Å². The molecule has 0 radical (unpaired) electrons.